The molecule has 1 aliphatic heterocycles. The number of sulfonamides is 1. The fourth-order valence-electron chi connectivity index (χ4n) is 3.13. The van der Waals surface area contributed by atoms with Crippen LogP contribution in [0.1, 0.15) is 23.5 Å². The number of piperidine rings is 1. The molecule has 142 valence electrons. The normalized spacial score (nSPS) is 19.2. The molecule has 1 saturated heterocycles. The van der Waals surface area contributed by atoms with Crippen LogP contribution in [0.2, 0.25) is 0 Å². The van der Waals surface area contributed by atoms with Crippen LogP contribution in [0.4, 0.5) is 0 Å². The highest BCUT2D eigenvalue weighted by Crippen LogP contribution is 2.33. The van der Waals surface area contributed by atoms with Crippen LogP contribution in [0.15, 0.2) is 40.3 Å². The second-order valence-electron chi connectivity index (χ2n) is 6.47. The largest absolute Gasteiger partial charge is 0.466 e. The third-order valence-electron chi connectivity index (χ3n) is 4.67. The number of nitrogens with zero attached hydrogens (tertiary/aromatic N) is 1. The lowest BCUT2D eigenvalue weighted by Gasteiger charge is -2.31. The zero-order valence-electron chi connectivity index (χ0n) is 14.4. The summed E-state index contributed by atoms with van der Waals surface area (Å²) in [6.07, 6.45) is 3.60. The van der Waals surface area contributed by atoms with E-state index in [0.717, 1.165) is 0 Å². The average molecular weight is 399 g/mol. The van der Waals surface area contributed by atoms with Crippen molar-refractivity contribution in [3.63, 3.8) is 0 Å². The maximum atomic E-state index is 12.5. The van der Waals surface area contributed by atoms with Gasteiger partial charge in [-0.05, 0) is 36.4 Å². The van der Waals surface area contributed by atoms with Crippen LogP contribution in [-0.4, -0.2) is 49.6 Å². The van der Waals surface area contributed by atoms with Gasteiger partial charge in [0.15, 0.2) is 5.60 Å². The predicted octanol–water partition coefficient (Wildman–Crippen LogP) is 1.36. The standard InChI is InChI=1S/C17H22N2O5S2/c1-26(22,23)19-8-6-13(7-9-19)16(20)18-12-17(21,14-4-2-10-24-14)15-5-3-11-25-15/h2-5,10-11,13,21H,6-9,12H2,1H3,(H,18,20)/t17-/m0/s1. The predicted molar refractivity (Wildman–Crippen MR) is 98.2 cm³/mol. The van der Waals surface area contributed by atoms with Gasteiger partial charge >= 0.3 is 0 Å². The van der Waals surface area contributed by atoms with Gasteiger partial charge in [-0.2, -0.15) is 0 Å². The van der Waals surface area contributed by atoms with Crippen LogP contribution in [-0.2, 0) is 20.4 Å². The van der Waals surface area contributed by atoms with Crippen LogP contribution in [0, 0.1) is 5.92 Å². The number of amides is 1. The second kappa shape index (κ2) is 7.51. The van der Waals surface area contributed by atoms with E-state index in [1.807, 2.05) is 11.4 Å². The molecule has 0 unspecified atom stereocenters. The summed E-state index contributed by atoms with van der Waals surface area (Å²) in [5.41, 5.74) is -1.43. The Labute approximate surface area is 156 Å². The van der Waals surface area contributed by atoms with Gasteiger partial charge in [0.2, 0.25) is 15.9 Å². The maximum absolute atomic E-state index is 12.5. The molecule has 0 aliphatic carbocycles. The highest BCUT2D eigenvalue weighted by Gasteiger charge is 2.37. The summed E-state index contributed by atoms with van der Waals surface area (Å²) in [4.78, 5) is 13.2. The summed E-state index contributed by atoms with van der Waals surface area (Å²) in [5, 5.41) is 15.8. The summed E-state index contributed by atoms with van der Waals surface area (Å²) < 4.78 is 29.9. The number of carbonyl (C=O) groups excluding carboxylic acids is 1. The molecule has 2 aromatic heterocycles. The van der Waals surface area contributed by atoms with Crippen molar-refractivity contribution >= 4 is 27.3 Å². The van der Waals surface area contributed by atoms with Crippen molar-refractivity contribution in [1.82, 2.24) is 9.62 Å². The molecule has 1 aliphatic rings. The van der Waals surface area contributed by atoms with Gasteiger partial charge in [0.25, 0.3) is 0 Å². The van der Waals surface area contributed by atoms with E-state index in [9.17, 15) is 18.3 Å². The SMILES string of the molecule is CS(=O)(=O)N1CCC(C(=O)NC[C@](O)(c2ccco2)c2cccs2)CC1. The molecule has 3 rings (SSSR count). The number of nitrogens with one attached hydrogen (secondary N) is 1. The molecular formula is C17H22N2O5S2. The monoisotopic (exact) mass is 398 g/mol. The number of thiophene rings is 1. The van der Waals surface area contributed by atoms with Crippen molar-refractivity contribution in [3.8, 4) is 0 Å². The Morgan fingerprint density at radius 3 is 2.65 bits per heavy atom. The first-order valence-corrected chi connectivity index (χ1v) is 11.1. The van der Waals surface area contributed by atoms with Crippen molar-refractivity contribution in [3.05, 3.63) is 46.5 Å². The average Bonchev–Trinajstić information content (AvgIpc) is 3.32. The van der Waals surface area contributed by atoms with Crippen molar-refractivity contribution in [2.24, 2.45) is 5.92 Å². The van der Waals surface area contributed by atoms with Gasteiger partial charge < -0.3 is 14.8 Å². The third kappa shape index (κ3) is 4.01. The van der Waals surface area contributed by atoms with E-state index in [1.54, 1.807) is 18.2 Å². The van der Waals surface area contributed by atoms with Gasteiger partial charge in [-0.3, -0.25) is 4.79 Å². The number of carbonyl (C=O) groups is 1. The van der Waals surface area contributed by atoms with E-state index in [4.69, 9.17) is 4.42 Å². The molecule has 7 nitrogen and oxygen atoms in total. The Morgan fingerprint density at radius 2 is 2.12 bits per heavy atom. The minimum Gasteiger partial charge on any atom is -0.466 e. The van der Waals surface area contributed by atoms with Crippen LogP contribution in [0.25, 0.3) is 0 Å². The van der Waals surface area contributed by atoms with Gasteiger partial charge in [-0.1, -0.05) is 6.07 Å². The van der Waals surface area contributed by atoms with Crippen molar-refractivity contribution < 1.29 is 22.7 Å². The highest BCUT2D eigenvalue weighted by atomic mass is 32.2. The lowest BCUT2D eigenvalue weighted by atomic mass is 9.95. The second-order valence-corrected chi connectivity index (χ2v) is 9.40. The van der Waals surface area contributed by atoms with E-state index in [0.29, 0.717) is 36.6 Å². The van der Waals surface area contributed by atoms with Crippen LogP contribution >= 0.6 is 11.3 Å². The quantitative estimate of drug-likeness (QED) is 0.765. The van der Waals surface area contributed by atoms with E-state index in [1.165, 1.54) is 28.2 Å². The number of aliphatic hydroxyl groups is 1. The summed E-state index contributed by atoms with van der Waals surface area (Å²) in [6, 6.07) is 6.99. The first-order chi connectivity index (χ1) is 12.3. The number of hydrogen-bond donors (Lipinski definition) is 2. The molecular weight excluding hydrogens is 376 g/mol. The molecule has 2 aromatic rings. The topological polar surface area (TPSA) is 99.9 Å². The fraction of sp³-hybridized carbons (Fsp3) is 0.471. The molecule has 0 saturated carbocycles. The van der Waals surface area contributed by atoms with Gasteiger partial charge in [-0.15, -0.1) is 11.3 Å². The summed E-state index contributed by atoms with van der Waals surface area (Å²) >= 11 is 1.38. The molecule has 9 heteroatoms. The molecule has 2 N–H and O–H groups in total. The molecule has 0 bridgehead atoms. The number of hydrogen-bond acceptors (Lipinski definition) is 6. The van der Waals surface area contributed by atoms with E-state index in [2.05, 4.69) is 5.32 Å². The Balaban J connectivity index is 1.64. The summed E-state index contributed by atoms with van der Waals surface area (Å²) in [7, 11) is -3.22. The third-order valence-corrected chi connectivity index (χ3v) is 6.99. The number of furan rings is 1. The molecule has 1 amide bonds. The first-order valence-electron chi connectivity index (χ1n) is 8.34. The van der Waals surface area contributed by atoms with Crippen LogP contribution < -0.4 is 5.32 Å². The molecule has 3 heterocycles. The van der Waals surface area contributed by atoms with E-state index >= 15 is 0 Å². The summed E-state index contributed by atoms with van der Waals surface area (Å²) in [6.45, 7) is 0.667. The van der Waals surface area contributed by atoms with E-state index in [-0.39, 0.29) is 18.4 Å². The minimum atomic E-state index is -3.22. The summed E-state index contributed by atoms with van der Waals surface area (Å²) in [5.74, 6) is -0.0796. The van der Waals surface area contributed by atoms with Gasteiger partial charge in [0.1, 0.15) is 5.76 Å². The van der Waals surface area contributed by atoms with Crippen molar-refractivity contribution in [2.75, 3.05) is 25.9 Å². The van der Waals surface area contributed by atoms with Gasteiger partial charge in [0, 0.05) is 23.9 Å². The lowest BCUT2D eigenvalue weighted by Crippen LogP contribution is -2.46. The van der Waals surface area contributed by atoms with E-state index < -0.39 is 15.6 Å². The zero-order chi connectivity index (χ0) is 18.8. The molecule has 0 spiro atoms. The Bertz CT molecular complexity index is 788. The van der Waals surface area contributed by atoms with Crippen molar-refractivity contribution in [2.45, 2.75) is 18.4 Å². The van der Waals surface area contributed by atoms with Gasteiger partial charge in [0.05, 0.1) is 19.1 Å². The van der Waals surface area contributed by atoms with Gasteiger partial charge in [-0.25, -0.2) is 12.7 Å². The molecule has 26 heavy (non-hydrogen) atoms. The minimum absolute atomic E-state index is 0.00779. The highest BCUT2D eigenvalue weighted by molar-refractivity contribution is 7.88. The Hall–Kier alpha value is -1.68. The Kier molecular flexibility index (Phi) is 5.52. The maximum Gasteiger partial charge on any atom is 0.223 e. The van der Waals surface area contributed by atoms with Crippen LogP contribution in [0.3, 0.4) is 0 Å². The molecule has 0 aromatic carbocycles. The Morgan fingerprint density at radius 1 is 1.38 bits per heavy atom. The smallest absolute Gasteiger partial charge is 0.223 e. The lowest BCUT2D eigenvalue weighted by molar-refractivity contribution is -0.127. The zero-order valence-corrected chi connectivity index (χ0v) is 16.1. The number of rotatable bonds is 6. The van der Waals surface area contributed by atoms with Crippen molar-refractivity contribution in [1.29, 1.82) is 0 Å². The molecule has 0 radical (unpaired) electrons. The fourth-order valence-corrected chi connectivity index (χ4v) is 4.84. The molecule has 1 fully saturated rings. The van der Waals surface area contributed by atoms with Crippen LogP contribution in [0.5, 0.6) is 0 Å². The molecule has 1 atom stereocenters. The first kappa shape index (κ1) is 19.1.